The Morgan fingerprint density at radius 2 is 1.69 bits per heavy atom. The zero-order chi connectivity index (χ0) is 18.4. The van der Waals surface area contributed by atoms with Crippen molar-refractivity contribution in [3.8, 4) is 5.75 Å². The van der Waals surface area contributed by atoms with Crippen molar-refractivity contribution >= 4 is 15.9 Å². The molecule has 26 heavy (non-hydrogen) atoms. The predicted molar refractivity (Wildman–Crippen MR) is 110 cm³/mol. The first-order chi connectivity index (χ1) is 12.7. The van der Waals surface area contributed by atoms with Crippen LogP contribution in [-0.2, 0) is 6.42 Å². The first kappa shape index (κ1) is 19.9. The van der Waals surface area contributed by atoms with Gasteiger partial charge in [-0.25, -0.2) is 4.39 Å². The minimum Gasteiger partial charge on any atom is -0.494 e. The monoisotopic (exact) mass is 422 g/mol. The fourth-order valence-corrected chi connectivity index (χ4v) is 5.53. The van der Waals surface area contributed by atoms with Crippen LogP contribution in [0.4, 0.5) is 4.39 Å². The first-order valence-electron chi connectivity index (χ1n) is 10.3. The minimum absolute atomic E-state index is 0.237. The fourth-order valence-electron chi connectivity index (χ4n) is 5.10. The van der Waals surface area contributed by atoms with Crippen molar-refractivity contribution in [3.05, 3.63) is 40.6 Å². The van der Waals surface area contributed by atoms with Crippen molar-refractivity contribution in [1.82, 2.24) is 0 Å². The maximum Gasteiger partial charge on any atom is 0.165 e. The Labute approximate surface area is 166 Å². The SMILES string of the molecule is COc1ccc(CCC2CCC(C3CCC(C=CBr)CC3)CC2)cc1F. The Hall–Kier alpha value is -0.830. The van der Waals surface area contributed by atoms with E-state index in [0.717, 1.165) is 35.7 Å². The predicted octanol–water partition coefficient (Wildman–Crippen LogP) is 7.29. The number of benzene rings is 1. The molecule has 0 saturated heterocycles. The second-order valence-electron chi connectivity index (χ2n) is 8.28. The first-order valence-corrected chi connectivity index (χ1v) is 11.2. The molecule has 0 bridgehead atoms. The molecule has 3 rings (SSSR count). The number of rotatable bonds is 6. The summed E-state index contributed by atoms with van der Waals surface area (Å²) in [5, 5.41) is 0. The van der Waals surface area contributed by atoms with Crippen molar-refractivity contribution in [2.45, 2.75) is 64.2 Å². The number of ether oxygens (including phenoxy) is 1. The summed E-state index contributed by atoms with van der Waals surface area (Å²) in [6, 6.07) is 5.40. The summed E-state index contributed by atoms with van der Waals surface area (Å²) in [4.78, 5) is 2.04. The summed E-state index contributed by atoms with van der Waals surface area (Å²) in [6.45, 7) is 0. The van der Waals surface area contributed by atoms with Crippen LogP contribution in [0.1, 0.15) is 63.4 Å². The van der Waals surface area contributed by atoms with Crippen molar-refractivity contribution in [3.63, 3.8) is 0 Å². The topological polar surface area (TPSA) is 9.23 Å². The van der Waals surface area contributed by atoms with Crippen molar-refractivity contribution in [2.24, 2.45) is 23.7 Å². The summed E-state index contributed by atoms with van der Waals surface area (Å²) in [5.41, 5.74) is 1.10. The summed E-state index contributed by atoms with van der Waals surface area (Å²) in [7, 11) is 1.52. The van der Waals surface area contributed by atoms with E-state index in [1.165, 1.54) is 64.9 Å². The van der Waals surface area contributed by atoms with Gasteiger partial charge in [0.25, 0.3) is 0 Å². The molecule has 0 aliphatic heterocycles. The average molecular weight is 423 g/mol. The van der Waals surface area contributed by atoms with E-state index in [-0.39, 0.29) is 5.82 Å². The molecule has 1 aromatic carbocycles. The summed E-state index contributed by atoms with van der Waals surface area (Å²) in [6.07, 6.45) is 15.6. The normalized spacial score (nSPS) is 29.8. The molecule has 144 valence electrons. The van der Waals surface area contributed by atoms with Gasteiger partial charge in [0, 0.05) is 0 Å². The molecule has 2 aliphatic carbocycles. The van der Waals surface area contributed by atoms with Crippen molar-refractivity contribution in [1.29, 1.82) is 0 Å². The van der Waals surface area contributed by atoms with Gasteiger partial charge in [0.05, 0.1) is 7.11 Å². The highest BCUT2D eigenvalue weighted by molar-refractivity contribution is 9.11. The summed E-state index contributed by atoms with van der Waals surface area (Å²) in [5.74, 6) is 3.65. The molecule has 0 aromatic heterocycles. The number of methoxy groups -OCH3 is 1. The maximum absolute atomic E-state index is 13.8. The smallest absolute Gasteiger partial charge is 0.165 e. The van der Waals surface area contributed by atoms with E-state index in [0.29, 0.717) is 5.75 Å². The van der Waals surface area contributed by atoms with Crippen molar-refractivity contribution in [2.75, 3.05) is 7.11 Å². The Kier molecular flexibility index (Phi) is 7.60. The lowest BCUT2D eigenvalue weighted by Gasteiger charge is -2.37. The molecule has 2 saturated carbocycles. The van der Waals surface area contributed by atoms with Gasteiger partial charge in [0.1, 0.15) is 0 Å². The van der Waals surface area contributed by atoms with Gasteiger partial charge in [0.2, 0.25) is 0 Å². The number of hydrogen-bond donors (Lipinski definition) is 0. The molecule has 0 N–H and O–H groups in total. The Bertz CT molecular complexity index is 584. The Balaban J connectivity index is 1.39. The van der Waals surface area contributed by atoms with E-state index < -0.39 is 0 Å². The Morgan fingerprint density at radius 3 is 2.27 bits per heavy atom. The van der Waals surface area contributed by atoms with Crippen LogP contribution < -0.4 is 4.74 Å². The van der Waals surface area contributed by atoms with Crippen molar-refractivity contribution < 1.29 is 9.13 Å². The number of hydrogen-bond acceptors (Lipinski definition) is 1. The molecule has 1 aromatic rings. The van der Waals surface area contributed by atoms with E-state index in [1.54, 1.807) is 12.1 Å². The van der Waals surface area contributed by atoms with Gasteiger partial charge >= 0.3 is 0 Å². The van der Waals surface area contributed by atoms with Gasteiger partial charge in [0.15, 0.2) is 11.6 Å². The van der Waals surface area contributed by atoms with Gasteiger partial charge < -0.3 is 4.74 Å². The van der Waals surface area contributed by atoms with Gasteiger partial charge in [-0.1, -0.05) is 40.9 Å². The van der Waals surface area contributed by atoms with Crippen LogP contribution in [-0.4, -0.2) is 7.11 Å². The third-order valence-corrected chi connectivity index (χ3v) is 7.08. The molecule has 0 radical (unpaired) electrons. The zero-order valence-corrected chi connectivity index (χ0v) is 17.5. The van der Waals surface area contributed by atoms with Crippen LogP contribution in [0.25, 0.3) is 0 Å². The van der Waals surface area contributed by atoms with Crippen LogP contribution in [0, 0.1) is 29.5 Å². The molecule has 0 unspecified atom stereocenters. The molecule has 2 fully saturated rings. The maximum atomic E-state index is 13.8. The fraction of sp³-hybridized carbons (Fsp3) is 0.652. The van der Waals surface area contributed by atoms with Crippen LogP contribution in [0.2, 0.25) is 0 Å². The van der Waals surface area contributed by atoms with E-state index in [4.69, 9.17) is 4.74 Å². The number of halogens is 2. The number of aryl methyl sites for hydroxylation is 1. The lowest BCUT2D eigenvalue weighted by Crippen LogP contribution is -2.25. The Morgan fingerprint density at radius 1 is 1.04 bits per heavy atom. The number of allylic oxidation sites excluding steroid dienone is 1. The van der Waals surface area contributed by atoms with Crippen LogP contribution >= 0.6 is 15.9 Å². The minimum atomic E-state index is -0.237. The van der Waals surface area contributed by atoms with Gasteiger partial charge in [-0.3, -0.25) is 0 Å². The highest BCUT2D eigenvalue weighted by atomic mass is 79.9. The largest absolute Gasteiger partial charge is 0.494 e. The summed E-state index contributed by atoms with van der Waals surface area (Å²) < 4.78 is 18.8. The quantitative estimate of drug-likeness (QED) is 0.467. The van der Waals surface area contributed by atoms with E-state index in [1.807, 2.05) is 11.1 Å². The zero-order valence-electron chi connectivity index (χ0n) is 15.9. The molecule has 0 spiro atoms. The highest BCUT2D eigenvalue weighted by Crippen LogP contribution is 2.42. The lowest BCUT2D eigenvalue weighted by molar-refractivity contribution is 0.153. The molecule has 0 atom stereocenters. The summed E-state index contributed by atoms with van der Waals surface area (Å²) >= 11 is 3.42. The van der Waals surface area contributed by atoms with Gasteiger partial charge in [-0.05, 0) is 97.7 Å². The standard InChI is InChI=1S/C23H32BrFO/c1-26-23-13-8-19(16-22(23)25)3-2-17-4-9-20(10-5-17)21-11-6-18(7-12-21)14-15-24/h8,13-18,20-21H,2-7,9-12H2,1H3. The van der Waals surface area contributed by atoms with Crippen LogP contribution in [0.5, 0.6) is 5.75 Å². The molecular formula is C23H32BrFO. The lowest BCUT2D eigenvalue weighted by atomic mass is 9.68. The van der Waals surface area contributed by atoms with Gasteiger partial charge in [-0.2, -0.15) is 0 Å². The highest BCUT2D eigenvalue weighted by Gasteiger charge is 2.30. The van der Waals surface area contributed by atoms with Crippen LogP contribution in [0.3, 0.4) is 0 Å². The molecule has 2 aliphatic rings. The second-order valence-corrected chi connectivity index (χ2v) is 8.81. The molecular weight excluding hydrogens is 391 g/mol. The average Bonchev–Trinajstić information content (AvgIpc) is 2.68. The van der Waals surface area contributed by atoms with Crippen LogP contribution in [0.15, 0.2) is 29.3 Å². The third kappa shape index (κ3) is 5.34. The molecule has 0 heterocycles. The molecule has 1 nitrogen and oxygen atoms in total. The third-order valence-electron chi connectivity index (χ3n) is 6.78. The van der Waals surface area contributed by atoms with E-state index >= 15 is 0 Å². The van der Waals surface area contributed by atoms with E-state index in [9.17, 15) is 4.39 Å². The molecule has 0 amide bonds. The van der Waals surface area contributed by atoms with E-state index in [2.05, 4.69) is 22.0 Å². The second kappa shape index (κ2) is 9.92. The van der Waals surface area contributed by atoms with Gasteiger partial charge in [-0.15, -0.1) is 0 Å². The molecule has 3 heteroatoms.